The molecular weight excluding hydrogens is 282 g/mol. The first-order chi connectivity index (χ1) is 9.77. The molecule has 1 atom stereocenters. The number of nitrogens with zero attached hydrogens (tertiary/aromatic N) is 2. The second kappa shape index (κ2) is 6.84. The van der Waals surface area contributed by atoms with E-state index in [9.17, 15) is 19.7 Å². The molecule has 0 unspecified atom stereocenters. The smallest absolute Gasteiger partial charge is 0.326 e. The van der Waals surface area contributed by atoms with Crippen molar-refractivity contribution in [2.75, 3.05) is 6.61 Å². The lowest BCUT2D eigenvalue weighted by Crippen LogP contribution is -2.42. The van der Waals surface area contributed by atoms with E-state index in [1.165, 1.54) is 10.8 Å². The van der Waals surface area contributed by atoms with Crippen molar-refractivity contribution in [2.24, 2.45) is 0 Å². The van der Waals surface area contributed by atoms with E-state index in [1.54, 1.807) is 13.8 Å². The second-order valence-corrected chi connectivity index (χ2v) is 4.72. The molecule has 0 saturated carbocycles. The van der Waals surface area contributed by atoms with Crippen molar-refractivity contribution in [3.05, 3.63) is 28.1 Å². The number of aromatic nitrogens is 1. The van der Waals surface area contributed by atoms with Crippen molar-refractivity contribution in [1.82, 2.24) is 9.88 Å². The number of carbonyl (C=O) groups excluding carboxylic acids is 1. The van der Waals surface area contributed by atoms with E-state index in [1.807, 2.05) is 0 Å². The number of nitrogens with one attached hydrogen (secondary N) is 1. The number of rotatable bonds is 7. The van der Waals surface area contributed by atoms with Gasteiger partial charge in [0.05, 0.1) is 11.1 Å². The number of aliphatic hydroxyl groups is 1. The molecule has 9 nitrogen and oxygen atoms in total. The highest BCUT2D eigenvalue weighted by Gasteiger charge is 2.25. The largest absolute Gasteiger partial charge is 0.480 e. The van der Waals surface area contributed by atoms with E-state index in [0.29, 0.717) is 0 Å². The van der Waals surface area contributed by atoms with Crippen molar-refractivity contribution >= 4 is 17.6 Å². The number of aliphatic hydroxyl groups excluding tert-OH is 1. The van der Waals surface area contributed by atoms with E-state index in [-0.39, 0.29) is 23.8 Å². The van der Waals surface area contributed by atoms with Gasteiger partial charge in [0.25, 0.3) is 11.6 Å². The third-order valence-electron chi connectivity index (χ3n) is 2.86. The Balaban J connectivity index is 3.05. The molecule has 1 aromatic heterocycles. The van der Waals surface area contributed by atoms with Crippen LogP contribution in [0.3, 0.4) is 0 Å². The Morgan fingerprint density at radius 2 is 2.10 bits per heavy atom. The van der Waals surface area contributed by atoms with E-state index in [0.717, 1.165) is 6.07 Å². The molecule has 1 heterocycles. The van der Waals surface area contributed by atoms with Crippen molar-refractivity contribution in [3.8, 4) is 0 Å². The predicted octanol–water partition coefficient (Wildman–Crippen LogP) is 0.543. The Labute approximate surface area is 120 Å². The molecule has 0 aliphatic rings. The van der Waals surface area contributed by atoms with Crippen LogP contribution in [0.1, 0.15) is 36.8 Å². The molecule has 0 radical (unpaired) electrons. The third kappa shape index (κ3) is 4.02. The monoisotopic (exact) mass is 299 g/mol. The summed E-state index contributed by atoms with van der Waals surface area (Å²) in [6, 6.07) is -0.370. The van der Waals surface area contributed by atoms with Crippen LogP contribution in [0.25, 0.3) is 0 Å². The number of aliphatic carboxylic acids is 1. The highest BCUT2D eigenvalue weighted by atomic mass is 16.6. The minimum absolute atomic E-state index is 0.000824. The van der Waals surface area contributed by atoms with Gasteiger partial charge in [-0.15, -0.1) is 0 Å². The summed E-state index contributed by atoms with van der Waals surface area (Å²) in [5.41, 5.74) is -0.247. The standard InChI is InChI=1S/C12H17N3O6/c1-7(2)14-6-8(15(20)21)5-10(14)11(17)13-9(3-4-16)12(18)19/h5-7,9,16H,3-4H2,1-2H3,(H,13,17)(H,18,19)/t9-/m0/s1. The minimum atomic E-state index is -1.28. The average Bonchev–Trinajstić information content (AvgIpc) is 2.83. The lowest BCUT2D eigenvalue weighted by Gasteiger charge is -2.15. The molecule has 0 fully saturated rings. The maximum Gasteiger partial charge on any atom is 0.326 e. The number of carboxylic acids is 1. The van der Waals surface area contributed by atoms with Gasteiger partial charge in [-0.05, 0) is 13.8 Å². The van der Waals surface area contributed by atoms with Crippen LogP contribution in [0.15, 0.2) is 12.3 Å². The van der Waals surface area contributed by atoms with Crippen LogP contribution in [-0.4, -0.2) is 44.2 Å². The van der Waals surface area contributed by atoms with Crippen LogP contribution in [0.4, 0.5) is 5.69 Å². The Morgan fingerprint density at radius 3 is 2.52 bits per heavy atom. The van der Waals surface area contributed by atoms with Crippen molar-refractivity contribution in [3.63, 3.8) is 0 Å². The summed E-state index contributed by atoms with van der Waals surface area (Å²) in [5.74, 6) is -2.02. The normalized spacial score (nSPS) is 12.2. The van der Waals surface area contributed by atoms with E-state index >= 15 is 0 Å². The summed E-state index contributed by atoms with van der Waals surface area (Å²) in [5, 5.41) is 30.7. The van der Waals surface area contributed by atoms with E-state index < -0.39 is 29.4 Å². The van der Waals surface area contributed by atoms with Gasteiger partial charge in [-0.25, -0.2) is 4.79 Å². The fourth-order valence-corrected chi connectivity index (χ4v) is 1.79. The van der Waals surface area contributed by atoms with Crippen molar-refractivity contribution in [2.45, 2.75) is 32.4 Å². The number of carbonyl (C=O) groups is 2. The zero-order chi connectivity index (χ0) is 16.2. The summed E-state index contributed by atoms with van der Waals surface area (Å²) in [6.45, 7) is 3.08. The molecule has 0 spiro atoms. The number of hydrogen-bond acceptors (Lipinski definition) is 5. The quantitative estimate of drug-likeness (QED) is 0.497. The molecule has 1 rings (SSSR count). The Morgan fingerprint density at radius 1 is 1.48 bits per heavy atom. The first-order valence-corrected chi connectivity index (χ1v) is 6.28. The van der Waals surface area contributed by atoms with Crippen molar-refractivity contribution < 1.29 is 24.7 Å². The lowest BCUT2D eigenvalue weighted by molar-refractivity contribution is -0.384. The lowest BCUT2D eigenvalue weighted by atomic mass is 10.2. The van der Waals surface area contributed by atoms with E-state index in [2.05, 4.69) is 5.32 Å². The average molecular weight is 299 g/mol. The maximum atomic E-state index is 12.1. The highest BCUT2D eigenvalue weighted by molar-refractivity contribution is 5.96. The third-order valence-corrected chi connectivity index (χ3v) is 2.86. The van der Waals surface area contributed by atoms with Crippen LogP contribution >= 0.6 is 0 Å². The molecule has 116 valence electrons. The first kappa shape index (κ1) is 16.6. The second-order valence-electron chi connectivity index (χ2n) is 4.72. The SMILES string of the molecule is CC(C)n1cc([N+](=O)[O-])cc1C(=O)N[C@@H](CCO)C(=O)O. The molecule has 0 bridgehead atoms. The molecule has 0 aliphatic carbocycles. The number of nitro groups is 1. The fourth-order valence-electron chi connectivity index (χ4n) is 1.79. The number of hydrogen-bond donors (Lipinski definition) is 3. The highest BCUT2D eigenvalue weighted by Crippen LogP contribution is 2.20. The van der Waals surface area contributed by atoms with Crippen LogP contribution < -0.4 is 5.32 Å². The Kier molecular flexibility index (Phi) is 5.42. The molecule has 0 aliphatic heterocycles. The van der Waals surface area contributed by atoms with Gasteiger partial charge in [0, 0.05) is 25.1 Å². The van der Waals surface area contributed by atoms with Gasteiger partial charge in [-0.3, -0.25) is 14.9 Å². The molecule has 1 aromatic rings. The van der Waals surface area contributed by atoms with Crippen LogP contribution in [0, 0.1) is 10.1 Å². The number of carboxylic acid groups (broad SMARTS) is 1. The van der Waals surface area contributed by atoms with Gasteiger partial charge in [0.2, 0.25) is 0 Å². The molecule has 9 heteroatoms. The number of amides is 1. The van der Waals surface area contributed by atoms with Gasteiger partial charge in [0.15, 0.2) is 0 Å². The maximum absolute atomic E-state index is 12.1. The molecule has 0 saturated heterocycles. The Hall–Kier alpha value is -2.42. The minimum Gasteiger partial charge on any atom is -0.480 e. The van der Waals surface area contributed by atoms with Gasteiger partial charge in [0.1, 0.15) is 11.7 Å². The summed E-state index contributed by atoms with van der Waals surface area (Å²) >= 11 is 0. The molecular formula is C12H17N3O6. The van der Waals surface area contributed by atoms with Crippen LogP contribution in [0.2, 0.25) is 0 Å². The zero-order valence-electron chi connectivity index (χ0n) is 11.6. The zero-order valence-corrected chi connectivity index (χ0v) is 11.6. The summed E-state index contributed by atoms with van der Waals surface area (Å²) in [7, 11) is 0. The van der Waals surface area contributed by atoms with Gasteiger partial charge in [-0.1, -0.05) is 0 Å². The molecule has 3 N–H and O–H groups in total. The first-order valence-electron chi connectivity index (χ1n) is 6.28. The molecule has 0 aromatic carbocycles. The summed E-state index contributed by atoms with van der Waals surface area (Å²) in [6.07, 6.45) is 1.08. The van der Waals surface area contributed by atoms with Crippen LogP contribution in [-0.2, 0) is 4.79 Å². The summed E-state index contributed by atoms with van der Waals surface area (Å²) in [4.78, 5) is 33.2. The van der Waals surface area contributed by atoms with Gasteiger partial charge >= 0.3 is 5.97 Å². The predicted molar refractivity (Wildman–Crippen MR) is 72.1 cm³/mol. The van der Waals surface area contributed by atoms with Crippen molar-refractivity contribution in [1.29, 1.82) is 0 Å². The van der Waals surface area contributed by atoms with E-state index in [4.69, 9.17) is 10.2 Å². The van der Waals surface area contributed by atoms with Gasteiger partial charge < -0.3 is 20.1 Å². The topological polar surface area (TPSA) is 135 Å². The molecule has 21 heavy (non-hydrogen) atoms. The Bertz CT molecular complexity index is 551. The molecule has 1 amide bonds. The van der Waals surface area contributed by atoms with Gasteiger partial charge in [-0.2, -0.15) is 0 Å². The fraction of sp³-hybridized carbons (Fsp3) is 0.500. The van der Waals surface area contributed by atoms with Crippen LogP contribution in [0.5, 0.6) is 0 Å². The summed E-state index contributed by atoms with van der Waals surface area (Å²) < 4.78 is 1.39.